The number of aliphatic hydroxyl groups excluding tert-OH is 1. The lowest BCUT2D eigenvalue weighted by molar-refractivity contribution is -0.161. The molecule has 0 aromatic heterocycles. The first-order valence-corrected chi connectivity index (χ1v) is 18.9. The van der Waals surface area contributed by atoms with Crippen LogP contribution in [0.15, 0.2) is 24.3 Å². The van der Waals surface area contributed by atoms with Crippen molar-refractivity contribution in [1.82, 2.24) is 0 Å². The van der Waals surface area contributed by atoms with Crippen LogP contribution in [0.2, 0.25) is 0 Å². The van der Waals surface area contributed by atoms with E-state index < -0.39 is 6.10 Å². The summed E-state index contributed by atoms with van der Waals surface area (Å²) in [7, 11) is 0. The minimum absolute atomic E-state index is 0.0709. The van der Waals surface area contributed by atoms with Gasteiger partial charge in [-0.15, -0.1) is 0 Å². The Morgan fingerprint density at radius 3 is 1.23 bits per heavy atom. The number of ether oxygens (including phenoxy) is 2. The number of allylic oxidation sites excluding steroid dienone is 4. The summed E-state index contributed by atoms with van der Waals surface area (Å²) in [5.74, 6) is -0.607. The van der Waals surface area contributed by atoms with Gasteiger partial charge in [0.15, 0.2) is 6.10 Å². The van der Waals surface area contributed by atoms with Crippen LogP contribution in [0, 0.1) is 0 Å². The fourth-order valence-corrected chi connectivity index (χ4v) is 5.31. The monoisotopic (exact) mass is 621 g/mol. The second kappa shape index (κ2) is 35.9. The Hall–Kier alpha value is -1.62. The topological polar surface area (TPSA) is 72.8 Å². The summed E-state index contributed by atoms with van der Waals surface area (Å²) >= 11 is 0. The lowest BCUT2D eigenvalue weighted by Crippen LogP contribution is -2.28. The number of rotatable bonds is 34. The van der Waals surface area contributed by atoms with Crippen molar-refractivity contribution in [3.05, 3.63) is 24.3 Å². The molecular weight excluding hydrogens is 548 g/mol. The molecule has 1 N–H and O–H groups in total. The lowest BCUT2D eigenvalue weighted by atomic mass is 10.1. The van der Waals surface area contributed by atoms with E-state index in [4.69, 9.17) is 9.47 Å². The van der Waals surface area contributed by atoms with Crippen LogP contribution in [0.5, 0.6) is 0 Å². The van der Waals surface area contributed by atoms with E-state index in [1.165, 1.54) is 116 Å². The molecule has 0 spiro atoms. The van der Waals surface area contributed by atoms with Crippen molar-refractivity contribution in [2.24, 2.45) is 0 Å². The second-order valence-electron chi connectivity index (χ2n) is 12.6. The Morgan fingerprint density at radius 2 is 0.841 bits per heavy atom. The summed E-state index contributed by atoms with van der Waals surface area (Å²) < 4.78 is 10.6. The van der Waals surface area contributed by atoms with E-state index in [-0.39, 0.29) is 25.2 Å². The van der Waals surface area contributed by atoms with Crippen LogP contribution in [0.4, 0.5) is 0 Å². The summed E-state index contributed by atoms with van der Waals surface area (Å²) in [6.45, 7) is 4.11. The van der Waals surface area contributed by atoms with Crippen LogP contribution in [0.1, 0.15) is 194 Å². The number of esters is 2. The molecule has 0 bridgehead atoms. The number of hydrogen-bond donors (Lipinski definition) is 1. The first-order valence-electron chi connectivity index (χ1n) is 18.9. The van der Waals surface area contributed by atoms with E-state index in [2.05, 4.69) is 38.2 Å². The molecule has 1 atom stereocenters. The Labute approximate surface area is 273 Å². The molecule has 44 heavy (non-hydrogen) atoms. The lowest BCUT2D eigenvalue weighted by Gasteiger charge is -2.15. The van der Waals surface area contributed by atoms with Crippen molar-refractivity contribution in [2.45, 2.75) is 200 Å². The first kappa shape index (κ1) is 42.4. The van der Waals surface area contributed by atoms with Gasteiger partial charge >= 0.3 is 11.9 Å². The number of carbonyl (C=O) groups excluding carboxylic acids is 2. The molecule has 0 radical (unpaired) electrons. The van der Waals surface area contributed by atoms with E-state index in [1.807, 2.05) is 0 Å². The Bertz CT molecular complexity index is 671. The molecule has 258 valence electrons. The third-order valence-electron chi connectivity index (χ3n) is 8.22. The highest BCUT2D eigenvalue weighted by molar-refractivity contribution is 5.70. The number of hydrogen-bond acceptors (Lipinski definition) is 5. The minimum atomic E-state index is -0.774. The average Bonchev–Trinajstić information content (AvgIpc) is 3.02. The molecule has 0 aromatic rings. The maximum atomic E-state index is 12.1. The van der Waals surface area contributed by atoms with E-state index in [0.717, 1.165) is 51.4 Å². The van der Waals surface area contributed by atoms with Crippen LogP contribution in [-0.2, 0) is 19.1 Å². The van der Waals surface area contributed by atoms with Crippen LogP contribution >= 0.6 is 0 Å². The van der Waals surface area contributed by atoms with Crippen LogP contribution in [0.3, 0.4) is 0 Å². The van der Waals surface area contributed by atoms with Gasteiger partial charge in [-0.3, -0.25) is 9.59 Å². The van der Waals surface area contributed by atoms with Gasteiger partial charge in [0.25, 0.3) is 0 Å². The van der Waals surface area contributed by atoms with E-state index in [0.29, 0.717) is 12.8 Å². The largest absolute Gasteiger partial charge is 0.462 e. The Balaban J connectivity index is 3.58. The summed E-state index contributed by atoms with van der Waals surface area (Å²) in [5.41, 5.74) is 0. The summed E-state index contributed by atoms with van der Waals surface area (Å²) in [6, 6.07) is 0. The highest BCUT2D eigenvalue weighted by Gasteiger charge is 2.16. The highest BCUT2D eigenvalue weighted by atomic mass is 16.6. The Morgan fingerprint density at radius 1 is 0.500 bits per heavy atom. The van der Waals surface area contributed by atoms with Crippen LogP contribution < -0.4 is 0 Å². The molecule has 0 heterocycles. The zero-order chi connectivity index (χ0) is 32.2. The zero-order valence-corrected chi connectivity index (χ0v) is 29.2. The van der Waals surface area contributed by atoms with E-state index in [9.17, 15) is 14.7 Å². The molecule has 0 aliphatic rings. The summed E-state index contributed by atoms with van der Waals surface area (Å²) in [5, 5.41) is 9.53. The third-order valence-corrected chi connectivity index (χ3v) is 8.22. The molecule has 0 saturated heterocycles. The quantitative estimate of drug-likeness (QED) is 0.0440. The molecule has 5 nitrogen and oxygen atoms in total. The number of unbranched alkanes of at least 4 members (excludes halogenated alkanes) is 22. The van der Waals surface area contributed by atoms with Gasteiger partial charge in [-0.1, -0.05) is 141 Å². The van der Waals surface area contributed by atoms with Gasteiger partial charge in [-0.25, -0.2) is 0 Å². The average molecular weight is 621 g/mol. The van der Waals surface area contributed by atoms with Crippen molar-refractivity contribution in [3.63, 3.8) is 0 Å². The molecule has 0 rings (SSSR count). The van der Waals surface area contributed by atoms with Gasteiger partial charge in [0.2, 0.25) is 0 Å². The predicted octanol–water partition coefficient (Wildman–Crippen LogP) is 11.5. The first-order chi connectivity index (χ1) is 21.6. The van der Waals surface area contributed by atoms with Gasteiger partial charge < -0.3 is 14.6 Å². The van der Waals surface area contributed by atoms with Gasteiger partial charge in [-0.05, 0) is 64.2 Å². The fourth-order valence-electron chi connectivity index (χ4n) is 5.31. The number of aliphatic hydroxyl groups is 1. The molecule has 0 aliphatic carbocycles. The third kappa shape index (κ3) is 33.3. The predicted molar refractivity (Wildman–Crippen MR) is 187 cm³/mol. The van der Waals surface area contributed by atoms with Crippen molar-refractivity contribution >= 4 is 11.9 Å². The second-order valence-corrected chi connectivity index (χ2v) is 12.6. The molecule has 0 saturated carbocycles. The van der Waals surface area contributed by atoms with Crippen LogP contribution in [-0.4, -0.2) is 36.4 Å². The zero-order valence-electron chi connectivity index (χ0n) is 29.2. The van der Waals surface area contributed by atoms with E-state index in [1.54, 1.807) is 0 Å². The SMILES string of the molecule is CCCCCCCC/C=C/CCCCCCCC(=O)OC[C@H](CO)OC(=O)CCCCCCC/C=C/CCCCCCCC. The van der Waals surface area contributed by atoms with Gasteiger partial charge in [0.1, 0.15) is 6.61 Å². The fraction of sp³-hybridized carbons (Fsp3) is 0.846. The summed E-state index contributed by atoms with van der Waals surface area (Å²) in [6.07, 6.45) is 40.9. The molecule has 0 unspecified atom stereocenters. The minimum Gasteiger partial charge on any atom is -0.462 e. The van der Waals surface area contributed by atoms with Crippen molar-refractivity contribution < 1.29 is 24.2 Å². The highest BCUT2D eigenvalue weighted by Crippen LogP contribution is 2.12. The van der Waals surface area contributed by atoms with Crippen molar-refractivity contribution in [1.29, 1.82) is 0 Å². The summed E-state index contributed by atoms with van der Waals surface area (Å²) in [4.78, 5) is 24.2. The van der Waals surface area contributed by atoms with Gasteiger partial charge in [0, 0.05) is 12.8 Å². The maximum Gasteiger partial charge on any atom is 0.306 e. The Kier molecular flexibility index (Phi) is 34.5. The molecule has 0 fully saturated rings. The number of carbonyl (C=O) groups is 2. The maximum absolute atomic E-state index is 12.1. The van der Waals surface area contributed by atoms with Gasteiger partial charge in [0.05, 0.1) is 6.61 Å². The molecule has 0 aromatic carbocycles. The van der Waals surface area contributed by atoms with E-state index >= 15 is 0 Å². The standard InChI is InChI=1S/C39H72O5/c1-3-5-7-9-11-13-15-17-19-21-23-25-27-29-31-33-38(41)43-36-37(35-40)44-39(42)34-32-30-28-26-24-22-20-18-16-14-12-10-8-6-4-2/h17-20,37,40H,3-16,21-36H2,1-2H3/b19-17+,20-18+/t37-/m0/s1. The smallest absolute Gasteiger partial charge is 0.306 e. The molecule has 0 aliphatic heterocycles. The molecular formula is C39H72O5. The normalized spacial score (nSPS) is 12.3. The van der Waals surface area contributed by atoms with Crippen molar-refractivity contribution in [3.8, 4) is 0 Å². The van der Waals surface area contributed by atoms with Crippen molar-refractivity contribution in [2.75, 3.05) is 13.2 Å². The van der Waals surface area contributed by atoms with Gasteiger partial charge in [-0.2, -0.15) is 0 Å². The van der Waals surface area contributed by atoms with Crippen LogP contribution in [0.25, 0.3) is 0 Å². The molecule has 0 amide bonds. The molecule has 5 heteroatoms.